The molecule has 1 heterocycles. The van der Waals surface area contributed by atoms with Gasteiger partial charge in [-0.3, -0.25) is 4.79 Å². The van der Waals surface area contributed by atoms with Crippen molar-refractivity contribution in [3.8, 4) is 5.75 Å². The predicted octanol–water partition coefficient (Wildman–Crippen LogP) is 3.27. The van der Waals surface area contributed by atoms with E-state index < -0.39 is 0 Å². The molecule has 1 N–H and O–H groups in total. The number of amides is 1. The highest BCUT2D eigenvalue weighted by atomic mass is 16.5. The van der Waals surface area contributed by atoms with Crippen LogP contribution in [0.25, 0.3) is 0 Å². The molecule has 0 aliphatic carbocycles. The van der Waals surface area contributed by atoms with E-state index in [2.05, 4.69) is 0 Å². The Bertz CT molecular complexity index is 639. The molecule has 0 saturated carbocycles. The van der Waals surface area contributed by atoms with E-state index in [0.29, 0.717) is 6.61 Å². The summed E-state index contributed by atoms with van der Waals surface area (Å²) < 4.78 is 5.57. The summed E-state index contributed by atoms with van der Waals surface area (Å²) in [5, 5.41) is 9.40. The van der Waals surface area contributed by atoms with Crippen LogP contribution < -0.4 is 0 Å². The molecule has 1 saturated heterocycles. The zero-order valence-electron chi connectivity index (χ0n) is 13.0. The standard InChI is InChI=1S/C19H21NO3/c21-17-10-8-16(9-11-17)18-7-4-12-20(18)19(22)14-23-13-15-5-2-1-3-6-15/h1-3,5-6,8-11,18,21H,4,7,12-14H2/t18-/m1/s1. The van der Waals surface area contributed by atoms with E-state index in [1.54, 1.807) is 12.1 Å². The lowest BCUT2D eigenvalue weighted by atomic mass is 10.0. The quantitative estimate of drug-likeness (QED) is 0.922. The zero-order chi connectivity index (χ0) is 16.1. The number of ether oxygens (including phenoxy) is 1. The molecule has 23 heavy (non-hydrogen) atoms. The van der Waals surface area contributed by atoms with Gasteiger partial charge in [-0.2, -0.15) is 0 Å². The van der Waals surface area contributed by atoms with Crippen LogP contribution in [0.4, 0.5) is 0 Å². The van der Waals surface area contributed by atoms with E-state index in [1.807, 2.05) is 47.4 Å². The van der Waals surface area contributed by atoms with Crippen molar-refractivity contribution in [2.75, 3.05) is 13.2 Å². The lowest BCUT2D eigenvalue weighted by molar-refractivity contribution is -0.137. The van der Waals surface area contributed by atoms with Crippen molar-refractivity contribution in [3.63, 3.8) is 0 Å². The van der Waals surface area contributed by atoms with Gasteiger partial charge >= 0.3 is 0 Å². The van der Waals surface area contributed by atoms with Gasteiger partial charge in [-0.15, -0.1) is 0 Å². The van der Waals surface area contributed by atoms with Crippen molar-refractivity contribution >= 4 is 5.91 Å². The van der Waals surface area contributed by atoms with Crippen molar-refractivity contribution in [1.29, 1.82) is 0 Å². The molecular weight excluding hydrogens is 290 g/mol. The van der Waals surface area contributed by atoms with Gasteiger partial charge in [0.25, 0.3) is 0 Å². The Morgan fingerprint density at radius 3 is 2.61 bits per heavy atom. The smallest absolute Gasteiger partial charge is 0.249 e. The van der Waals surface area contributed by atoms with Crippen molar-refractivity contribution < 1.29 is 14.6 Å². The van der Waals surface area contributed by atoms with Crippen LogP contribution in [-0.4, -0.2) is 29.1 Å². The maximum atomic E-state index is 12.4. The zero-order valence-corrected chi connectivity index (χ0v) is 13.0. The second-order valence-corrected chi connectivity index (χ2v) is 5.82. The van der Waals surface area contributed by atoms with Gasteiger partial charge in [0, 0.05) is 6.54 Å². The molecule has 1 aliphatic rings. The first-order valence-electron chi connectivity index (χ1n) is 7.94. The van der Waals surface area contributed by atoms with E-state index in [1.165, 1.54) is 0 Å². The molecule has 120 valence electrons. The highest BCUT2D eigenvalue weighted by Crippen LogP contribution is 2.32. The summed E-state index contributed by atoms with van der Waals surface area (Å²) in [5.41, 5.74) is 2.13. The average molecular weight is 311 g/mol. The van der Waals surface area contributed by atoms with Crippen molar-refractivity contribution in [2.24, 2.45) is 0 Å². The Balaban J connectivity index is 1.56. The summed E-state index contributed by atoms with van der Waals surface area (Å²) >= 11 is 0. The van der Waals surface area contributed by atoms with E-state index >= 15 is 0 Å². The molecule has 0 aromatic heterocycles. The number of phenolic OH excluding ortho intramolecular Hbond substituents is 1. The summed E-state index contributed by atoms with van der Waals surface area (Å²) in [6.07, 6.45) is 1.95. The molecule has 4 nitrogen and oxygen atoms in total. The van der Waals surface area contributed by atoms with E-state index in [-0.39, 0.29) is 24.3 Å². The van der Waals surface area contributed by atoms with Gasteiger partial charge in [0.05, 0.1) is 12.6 Å². The Kier molecular flexibility index (Phi) is 4.93. The van der Waals surface area contributed by atoms with E-state index in [0.717, 1.165) is 30.5 Å². The first-order valence-corrected chi connectivity index (χ1v) is 7.94. The van der Waals surface area contributed by atoms with Gasteiger partial charge in [0.1, 0.15) is 12.4 Å². The maximum absolute atomic E-state index is 12.4. The molecule has 3 rings (SSSR count). The third-order valence-electron chi connectivity index (χ3n) is 4.19. The highest BCUT2D eigenvalue weighted by molar-refractivity contribution is 5.78. The Hall–Kier alpha value is -2.33. The molecule has 1 aliphatic heterocycles. The summed E-state index contributed by atoms with van der Waals surface area (Å²) in [4.78, 5) is 14.3. The number of rotatable bonds is 5. The molecule has 1 fully saturated rings. The molecular formula is C19H21NO3. The normalized spacial score (nSPS) is 17.4. The molecule has 0 unspecified atom stereocenters. The molecule has 4 heteroatoms. The van der Waals surface area contributed by atoms with E-state index in [9.17, 15) is 9.90 Å². The highest BCUT2D eigenvalue weighted by Gasteiger charge is 2.29. The number of nitrogens with zero attached hydrogens (tertiary/aromatic N) is 1. The molecule has 1 amide bonds. The van der Waals surface area contributed by atoms with E-state index in [4.69, 9.17) is 4.74 Å². The largest absolute Gasteiger partial charge is 0.508 e. The summed E-state index contributed by atoms with van der Waals surface area (Å²) in [5.74, 6) is 0.271. The van der Waals surface area contributed by atoms with Crippen LogP contribution in [-0.2, 0) is 16.1 Å². The number of carbonyl (C=O) groups is 1. The lowest BCUT2D eigenvalue weighted by Crippen LogP contribution is -2.33. The third-order valence-corrected chi connectivity index (χ3v) is 4.19. The number of hydrogen-bond donors (Lipinski definition) is 1. The second-order valence-electron chi connectivity index (χ2n) is 5.82. The Morgan fingerprint density at radius 1 is 1.13 bits per heavy atom. The van der Waals surface area contributed by atoms with Crippen LogP contribution in [0.2, 0.25) is 0 Å². The predicted molar refractivity (Wildman–Crippen MR) is 87.9 cm³/mol. The van der Waals surface area contributed by atoms with Crippen molar-refractivity contribution in [2.45, 2.75) is 25.5 Å². The number of hydrogen-bond acceptors (Lipinski definition) is 3. The van der Waals surface area contributed by atoms with Gasteiger partial charge in [-0.05, 0) is 36.1 Å². The van der Waals surface area contributed by atoms with Crippen LogP contribution in [0.15, 0.2) is 54.6 Å². The Labute approximate surface area is 136 Å². The maximum Gasteiger partial charge on any atom is 0.249 e. The third kappa shape index (κ3) is 3.90. The fourth-order valence-corrected chi connectivity index (χ4v) is 3.02. The van der Waals surface area contributed by atoms with Crippen LogP contribution >= 0.6 is 0 Å². The lowest BCUT2D eigenvalue weighted by Gasteiger charge is -2.25. The first-order chi connectivity index (χ1) is 11.2. The minimum atomic E-state index is 0.0245. The number of phenols is 1. The summed E-state index contributed by atoms with van der Waals surface area (Å²) in [7, 11) is 0. The number of carbonyl (C=O) groups excluding carboxylic acids is 1. The van der Waals surface area contributed by atoms with Crippen LogP contribution in [0.3, 0.4) is 0 Å². The van der Waals surface area contributed by atoms with Gasteiger partial charge in [-0.25, -0.2) is 0 Å². The van der Waals surface area contributed by atoms with Gasteiger partial charge < -0.3 is 14.7 Å². The Morgan fingerprint density at radius 2 is 1.87 bits per heavy atom. The summed E-state index contributed by atoms with van der Waals surface area (Å²) in [6, 6.07) is 17.0. The first kappa shape index (κ1) is 15.6. The fourth-order valence-electron chi connectivity index (χ4n) is 3.02. The van der Waals surface area contributed by atoms with Crippen LogP contribution in [0.1, 0.15) is 30.0 Å². The van der Waals surface area contributed by atoms with Crippen molar-refractivity contribution in [3.05, 3.63) is 65.7 Å². The molecule has 0 spiro atoms. The minimum Gasteiger partial charge on any atom is -0.508 e. The van der Waals surface area contributed by atoms with Crippen LogP contribution in [0, 0.1) is 0 Å². The molecule has 2 aromatic carbocycles. The fraction of sp³-hybridized carbons (Fsp3) is 0.316. The SMILES string of the molecule is O=C(COCc1ccccc1)N1CCC[C@@H]1c1ccc(O)cc1. The second kappa shape index (κ2) is 7.29. The molecule has 0 radical (unpaired) electrons. The van der Waals surface area contributed by atoms with Crippen molar-refractivity contribution in [1.82, 2.24) is 4.90 Å². The molecule has 0 bridgehead atoms. The topological polar surface area (TPSA) is 49.8 Å². The van der Waals surface area contributed by atoms with Gasteiger partial charge in [-0.1, -0.05) is 42.5 Å². The molecule has 2 aromatic rings. The minimum absolute atomic E-state index is 0.0245. The molecule has 1 atom stereocenters. The average Bonchev–Trinajstić information content (AvgIpc) is 3.06. The number of likely N-dealkylation sites (tertiary alicyclic amines) is 1. The van der Waals surface area contributed by atoms with Gasteiger partial charge in [0.2, 0.25) is 5.91 Å². The number of benzene rings is 2. The van der Waals surface area contributed by atoms with Crippen LogP contribution in [0.5, 0.6) is 5.75 Å². The monoisotopic (exact) mass is 311 g/mol. The summed E-state index contributed by atoms with van der Waals surface area (Å²) in [6.45, 7) is 1.31. The number of aromatic hydroxyl groups is 1. The van der Waals surface area contributed by atoms with Gasteiger partial charge in [0.15, 0.2) is 0 Å².